The molecule has 0 aliphatic carbocycles. The molecule has 35 heavy (non-hydrogen) atoms. The first kappa shape index (κ1) is 24.6. The number of rotatable bonds is 9. The van der Waals surface area contributed by atoms with Gasteiger partial charge in [-0.1, -0.05) is 31.2 Å². The maximum absolute atomic E-state index is 13.5. The summed E-state index contributed by atoms with van der Waals surface area (Å²) in [4.78, 5) is 31.1. The Morgan fingerprint density at radius 2 is 1.83 bits per heavy atom. The van der Waals surface area contributed by atoms with Gasteiger partial charge in [0.2, 0.25) is 12.7 Å². The zero-order valence-corrected chi connectivity index (χ0v) is 21.1. The minimum Gasteiger partial charge on any atom is -0.454 e. The van der Waals surface area contributed by atoms with Gasteiger partial charge in [0, 0.05) is 23.2 Å². The number of aryl methyl sites for hydroxylation is 1. The molecule has 8 heteroatoms. The topological polar surface area (TPSA) is 71.1 Å². The van der Waals surface area contributed by atoms with E-state index in [-0.39, 0.29) is 31.3 Å². The first-order valence-electron chi connectivity index (χ1n) is 11.8. The number of ether oxygens (including phenoxy) is 2. The lowest BCUT2D eigenvalue weighted by molar-refractivity contribution is -0.133. The van der Waals surface area contributed by atoms with Crippen LogP contribution < -0.4 is 14.8 Å². The SMILES string of the molecule is CCc1cccc(NC(=O)N(CC(=O)N(Cc2ccc3c(c2)OCO3)Cc2cccs2)C(C)C)c1. The minimum absolute atomic E-state index is 0.0209. The molecule has 184 valence electrons. The van der Waals surface area contributed by atoms with Crippen molar-refractivity contribution in [2.75, 3.05) is 18.7 Å². The highest BCUT2D eigenvalue weighted by Crippen LogP contribution is 2.33. The number of hydrogen-bond acceptors (Lipinski definition) is 5. The molecule has 2 aromatic carbocycles. The summed E-state index contributed by atoms with van der Waals surface area (Å²) < 4.78 is 10.9. The van der Waals surface area contributed by atoms with E-state index in [2.05, 4.69) is 12.2 Å². The number of fused-ring (bicyclic) bond motifs is 1. The third-order valence-corrected chi connectivity index (χ3v) is 6.73. The second-order valence-corrected chi connectivity index (χ2v) is 9.75. The van der Waals surface area contributed by atoms with Crippen LogP contribution in [0.15, 0.2) is 60.0 Å². The summed E-state index contributed by atoms with van der Waals surface area (Å²) in [5, 5.41) is 4.95. The Labute approximate surface area is 210 Å². The average molecular weight is 494 g/mol. The zero-order valence-electron chi connectivity index (χ0n) is 20.3. The summed E-state index contributed by atoms with van der Waals surface area (Å²) in [7, 11) is 0. The fourth-order valence-electron chi connectivity index (χ4n) is 3.88. The van der Waals surface area contributed by atoms with Gasteiger partial charge in [0.1, 0.15) is 6.54 Å². The largest absolute Gasteiger partial charge is 0.454 e. The molecule has 0 radical (unpaired) electrons. The highest BCUT2D eigenvalue weighted by molar-refractivity contribution is 7.09. The Morgan fingerprint density at radius 3 is 2.57 bits per heavy atom. The molecule has 1 aliphatic heterocycles. The quantitative estimate of drug-likeness (QED) is 0.427. The Hall–Kier alpha value is -3.52. The summed E-state index contributed by atoms with van der Waals surface area (Å²) in [6.07, 6.45) is 0.883. The van der Waals surface area contributed by atoms with E-state index in [1.807, 2.05) is 73.8 Å². The lowest BCUT2D eigenvalue weighted by atomic mass is 10.1. The number of nitrogens with zero attached hydrogens (tertiary/aromatic N) is 2. The number of nitrogens with one attached hydrogen (secondary N) is 1. The van der Waals surface area contributed by atoms with Crippen molar-refractivity contribution in [3.05, 3.63) is 76.0 Å². The lowest BCUT2D eigenvalue weighted by Gasteiger charge is -2.30. The third kappa shape index (κ3) is 6.33. The van der Waals surface area contributed by atoms with Crippen LogP contribution in [-0.2, 0) is 24.3 Å². The molecule has 4 rings (SSSR count). The van der Waals surface area contributed by atoms with E-state index in [9.17, 15) is 9.59 Å². The summed E-state index contributed by atoms with van der Waals surface area (Å²) in [6, 6.07) is 17.0. The van der Waals surface area contributed by atoms with Gasteiger partial charge in [0.05, 0.1) is 6.54 Å². The van der Waals surface area contributed by atoms with Gasteiger partial charge in [-0.3, -0.25) is 4.79 Å². The molecule has 0 saturated carbocycles. The summed E-state index contributed by atoms with van der Waals surface area (Å²) in [5.41, 5.74) is 2.81. The summed E-state index contributed by atoms with van der Waals surface area (Å²) >= 11 is 1.60. The van der Waals surface area contributed by atoms with E-state index < -0.39 is 0 Å². The molecule has 1 aliphatic rings. The first-order valence-corrected chi connectivity index (χ1v) is 12.7. The molecule has 0 saturated heterocycles. The summed E-state index contributed by atoms with van der Waals surface area (Å²) in [6.45, 7) is 6.95. The molecule has 0 atom stereocenters. The molecule has 7 nitrogen and oxygen atoms in total. The number of hydrogen-bond donors (Lipinski definition) is 1. The van der Waals surface area contributed by atoms with Gasteiger partial charge >= 0.3 is 6.03 Å². The molecular weight excluding hydrogens is 462 g/mol. The molecule has 0 fully saturated rings. The van der Waals surface area contributed by atoms with Crippen LogP contribution in [0.2, 0.25) is 0 Å². The average Bonchev–Trinajstić information content (AvgIpc) is 3.53. The van der Waals surface area contributed by atoms with Crippen LogP contribution in [0.4, 0.5) is 10.5 Å². The number of anilines is 1. The van der Waals surface area contributed by atoms with Crippen LogP contribution in [0.5, 0.6) is 11.5 Å². The van der Waals surface area contributed by atoms with Crippen LogP contribution in [0.25, 0.3) is 0 Å². The summed E-state index contributed by atoms with van der Waals surface area (Å²) in [5.74, 6) is 1.27. The Kier molecular flexibility index (Phi) is 7.92. The molecular formula is C27H31N3O4S. The van der Waals surface area contributed by atoms with Crippen molar-refractivity contribution in [2.45, 2.75) is 46.3 Å². The molecule has 3 amide bonds. The minimum atomic E-state index is -0.291. The molecule has 0 spiro atoms. The number of amides is 3. The standard InChI is InChI=1S/C27H31N3O4S/c1-4-20-7-5-8-22(13-20)28-27(32)30(19(2)3)17-26(31)29(16-23-9-6-12-35-23)15-21-10-11-24-25(14-21)34-18-33-24/h5-14,19H,4,15-18H2,1-3H3,(H,28,32). The molecule has 1 aromatic heterocycles. The highest BCUT2D eigenvalue weighted by atomic mass is 32.1. The van der Waals surface area contributed by atoms with E-state index in [0.29, 0.717) is 24.6 Å². The predicted molar refractivity (Wildman–Crippen MR) is 138 cm³/mol. The van der Waals surface area contributed by atoms with Crippen LogP contribution >= 0.6 is 11.3 Å². The number of carbonyl (C=O) groups is 2. The van der Waals surface area contributed by atoms with Gasteiger partial charge in [-0.25, -0.2) is 4.79 Å². The van der Waals surface area contributed by atoms with Crippen molar-refractivity contribution >= 4 is 29.0 Å². The monoisotopic (exact) mass is 493 g/mol. The lowest BCUT2D eigenvalue weighted by Crippen LogP contribution is -2.47. The Morgan fingerprint density at radius 1 is 1.00 bits per heavy atom. The van der Waals surface area contributed by atoms with Crippen LogP contribution in [0, 0.1) is 0 Å². The van der Waals surface area contributed by atoms with Crippen molar-refractivity contribution in [1.29, 1.82) is 0 Å². The van der Waals surface area contributed by atoms with Crippen molar-refractivity contribution in [3.8, 4) is 11.5 Å². The van der Waals surface area contributed by atoms with Crippen molar-refractivity contribution in [3.63, 3.8) is 0 Å². The van der Waals surface area contributed by atoms with Crippen molar-refractivity contribution in [2.24, 2.45) is 0 Å². The van der Waals surface area contributed by atoms with Crippen LogP contribution in [-0.4, -0.2) is 41.1 Å². The molecule has 0 unspecified atom stereocenters. The zero-order chi connectivity index (χ0) is 24.8. The number of carbonyl (C=O) groups excluding carboxylic acids is 2. The van der Waals surface area contributed by atoms with E-state index >= 15 is 0 Å². The Balaban J connectivity index is 1.49. The maximum Gasteiger partial charge on any atom is 0.322 e. The van der Waals surface area contributed by atoms with Gasteiger partial charge in [0.25, 0.3) is 0 Å². The van der Waals surface area contributed by atoms with Crippen LogP contribution in [0.3, 0.4) is 0 Å². The number of benzene rings is 2. The number of thiophene rings is 1. The van der Waals surface area contributed by atoms with E-state index in [1.165, 1.54) is 0 Å². The van der Waals surface area contributed by atoms with Gasteiger partial charge in [-0.05, 0) is 67.1 Å². The molecule has 3 aromatic rings. The van der Waals surface area contributed by atoms with Gasteiger partial charge in [0.15, 0.2) is 11.5 Å². The van der Waals surface area contributed by atoms with Crippen molar-refractivity contribution < 1.29 is 19.1 Å². The maximum atomic E-state index is 13.5. The fourth-order valence-corrected chi connectivity index (χ4v) is 4.60. The third-order valence-electron chi connectivity index (χ3n) is 5.87. The van der Waals surface area contributed by atoms with Gasteiger partial charge < -0.3 is 24.6 Å². The predicted octanol–water partition coefficient (Wildman–Crippen LogP) is 5.51. The molecule has 2 heterocycles. The van der Waals surface area contributed by atoms with E-state index in [0.717, 1.165) is 28.1 Å². The second-order valence-electron chi connectivity index (χ2n) is 8.72. The smallest absolute Gasteiger partial charge is 0.322 e. The van der Waals surface area contributed by atoms with Gasteiger partial charge in [-0.15, -0.1) is 11.3 Å². The second kappa shape index (κ2) is 11.3. The first-order chi connectivity index (χ1) is 16.9. The van der Waals surface area contributed by atoms with E-state index in [1.54, 1.807) is 21.1 Å². The highest BCUT2D eigenvalue weighted by Gasteiger charge is 2.25. The van der Waals surface area contributed by atoms with Gasteiger partial charge in [-0.2, -0.15) is 0 Å². The van der Waals surface area contributed by atoms with Crippen LogP contribution in [0.1, 0.15) is 36.8 Å². The fraction of sp³-hybridized carbons (Fsp3) is 0.333. The molecule has 1 N–H and O–H groups in total. The van der Waals surface area contributed by atoms with Crippen molar-refractivity contribution in [1.82, 2.24) is 9.80 Å². The molecule has 0 bridgehead atoms. The van der Waals surface area contributed by atoms with E-state index in [4.69, 9.17) is 9.47 Å². The normalized spacial score (nSPS) is 12.0. The number of urea groups is 1. The Bertz CT molecular complexity index is 1160.